The average Bonchev–Trinajstić information content (AvgIpc) is 3.48. The van der Waals surface area contributed by atoms with Crippen LogP contribution in [0.5, 0.6) is 11.6 Å². The number of methoxy groups -OCH3 is 1. The number of fused-ring (bicyclic) bond motifs is 1. The van der Waals surface area contributed by atoms with E-state index in [0.29, 0.717) is 47.3 Å². The van der Waals surface area contributed by atoms with E-state index in [4.69, 9.17) is 34.0 Å². The van der Waals surface area contributed by atoms with Crippen molar-refractivity contribution >= 4 is 31.3 Å². The Morgan fingerprint density at radius 1 is 0.978 bits per heavy atom. The molecule has 0 amide bonds. The number of nitrogens with one attached hydrogen (secondary N) is 1. The van der Waals surface area contributed by atoms with Gasteiger partial charge in [-0.05, 0) is 43.3 Å². The van der Waals surface area contributed by atoms with Crippen molar-refractivity contribution in [1.82, 2.24) is 19.6 Å². The van der Waals surface area contributed by atoms with Gasteiger partial charge >= 0.3 is 5.97 Å². The topological polar surface area (TPSA) is 109 Å². The number of pyridine rings is 1. The van der Waals surface area contributed by atoms with E-state index in [2.05, 4.69) is 31.5 Å². The third-order valence-corrected chi connectivity index (χ3v) is 8.89. The molecule has 0 radical (unpaired) electrons. The largest absolute Gasteiger partial charge is 0.494 e. The lowest BCUT2D eigenvalue weighted by Crippen LogP contribution is -2.23. The summed E-state index contributed by atoms with van der Waals surface area (Å²) in [6.07, 6.45) is 3.56. The molecule has 11 heteroatoms. The first kappa shape index (κ1) is 32.4. The van der Waals surface area contributed by atoms with Crippen LogP contribution in [0.15, 0.2) is 85.7 Å². The fourth-order valence-electron chi connectivity index (χ4n) is 4.70. The van der Waals surface area contributed by atoms with Gasteiger partial charge in [0.25, 0.3) is 0 Å². The van der Waals surface area contributed by atoms with Gasteiger partial charge in [-0.3, -0.25) is 4.98 Å². The Hall–Kier alpha value is -5.00. The third kappa shape index (κ3) is 7.61. The second-order valence-electron chi connectivity index (χ2n) is 11.7. The molecule has 0 spiro atoms. The fraction of sp³-hybridized carbons (Fsp3) is 0.257. The van der Waals surface area contributed by atoms with Crippen molar-refractivity contribution in [2.75, 3.05) is 32.4 Å². The Bertz CT molecular complexity index is 1800. The summed E-state index contributed by atoms with van der Waals surface area (Å²) < 4.78 is 24.8. The zero-order chi connectivity index (χ0) is 32.7. The predicted molar refractivity (Wildman–Crippen MR) is 183 cm³/mol. The van der Waals surface area contributed by atoms with Crippen molar-refractivity contribution in [3.05, 3.63) is 96.8 Å². The predicted octanol–water partition coefficient (Wildman–Crippen LogP) is 7.77. The summed E-state index contributed by atoms with van der Waals surface area (Å²) in [5.74, 6) is 1.18. The highest BCUT2D eigenvalue weighted by Gasteiger charge is 2.24. The standard InChI is InChI=1S/C35H39N5O5Si/c1-7-44-24(2)31-33(37-23-43-19-20-46(4,5)6)40-32(39-34(31)45-28-16-13-26(14-17-28)35(41)42-3)29(22-38-40)27-15-18-30(36-21-27)25-11-9-8-10-12-25/h8-18,21-22,37H,2,7,19-20,23H2,1,3-6H3. The Morgan fingerprint density at radius 2 is 1.74 bits per heavy atom. The molecule has 46 heavy (non-hydrogen) atoms. The van der Waals surface area contributed by atoms with Crippen molar-refractivity contribution in [2.24, 2.45) is 0 Å². The van der Waals surface area contributed by atoms with Crippen LogP contribution >= 0.6 is 0 Å². The molecule has 0 fully saturated rings. The van der Waals surface area contributed by atoms with Crippen molar-refractivity contribution in [3.8, 4) is 34.0 Å². The van der Waals surface area contributed by atoms with Crippen molar-refractivity contribution in [2.45, 2.75) is 32.6 Å². The normalized spacial score (nSPS) is 11.3. The number of carbonyl (C=O) groups is 1. The van der Waals surface area contributed by atoms with Crippen LogP contribution in [-0.4, -0.2) is 60.7 Å². The van der Waals surface area contributed by atoms with Crippen LogP contribution in [0.4, 0.5) is 5.82 Å². The zero-order valence-electron chi connectivity index (χ0n) is 26.9. The minimum Gasteiger partial charge on any atom is -0.494 e. The first-order chi connectivity index (χ1) is 22.2. The molecule has 0 aliphatic rings. The molecular formula is C35H39N5O5Si. The highest BCUT2D eigenvalue weighted by atomic mass is 28.3. The average molecular weight is 638 g/mol. The molecule has 238 valence electrons. The third-order valence-electron chi connectivity index (χ3n) is 7.18. The van der Waals surface area contributed by atoms with Gasteiger partial charge in [0.15, 0.2) is 5.65 Å². The maximum Gasteiger partial charge on any atom is 0.337 e. The van der Waals surface area contributed by atoms with E-state index >= 15 is 0 Å². The summed E-state index contributed by atoms with van der Waals surface area (Å²) in [5.41, 5.74) is 4.92. The van der Waals surface area contributed by atoms with E-state index < -0.39 is 14.0 Å². The quantitative estimate of drug-likeness (QED) is 0.0429. The van der Waals surface area contributed by atoms with Gasteiger partial charge in [0.1, 0.15) is 29.6 Å². The van der Waals surface area contributed by atoms with E-state index in [-0.39, 0.29) is 12.6 Å². The van der Waals surface area contributed by atoms with Crippen LogP contribution in [0.3, 0.4) is 0 Å². The number of benzene rings is 2. The van der Waals surface area contributed by atoms with Gasteiger partial charge in [0, 0.05) is 37.6 Å². The highest BCUT2D eigenvalue weighted by Crippen LogP contribution is 2.38. The maximum atomic E-state index is 12.0. The molecule has 5 aromatic rings. The Balaban J connectivity index is 1.58. The van der Waals surface area contributed by atoms with Crippen molar-refractivity contribution in [3.63, 3.8) is 0 Å². The number of nitrogens with zero attached hydrogens (tertiary/aromatic N) is 4. The van der Waals surface area contributed by atoms with Gasteiger partial charge in [-0.25, -0.2) is 4.79 Å². The number of anilines is 1. The Morgan fingerprint density at radius 3 is 2.39 bits per heavy atom. The van der Waals surface area contributed by atoms with E-state index in [9.17, 15) is 4.79 Å². The summed E-state index contributed by atoms with van der Waals surface area (Å²) in [6.45, 7) is 14.3. The highest BCUT2D eigenvalue weighted by molar-refractivity contribution is 6.76. The first-order valence-corrected chi connectivity index (χ1v) is 18.8. The zero-order valence-corrected chi connectivity index (χ0v) is 27.9. The molecule has 0 aliphatic carbocycles. The van der Waals surface area contributed by atoms with Gasteiger partial charge in [-0.2, -0.15) is 14.6 Å². The molecule has 0 saturated carbocycles. The van der Waals surface area contributed by atoms with Gasteiger partial charge in [0.2, 0.25) is 5.88 Å². The minimum atomic E-state index is -1.27. The second kappa shape index (κ2) is 14.4. The first-order valence-electron chi connectivity index (χ1n) is 15.1. The number of hydrogen-bond donors (Lipinski definition) is 1. The number of esters is 1. The maximum absolute atomic E-state index is 12.0. The summed E-state index contributed by atoms with van der Waals surface area (Å²) in [5, 5.41) is 8.11. The molecule has 0 bridgehead atoms. The van der Waals surface area contributed by atoms with Gasteiger partial charge in [-0.15, -0.1) is 0 Å². The van der Waals surface area contributed by atoms with E-state index in [0.717, 1.165) is 28.4 Å². The molecule has 3 aromatic heterocycles. The molecule has 0 atom stereocenters. The second-order valence-corrected chi connectivity index (χ2v) is 17.4. The molecular weight excluding hydrogens is 599 g/mol. The van der Waals surface area contributed by atoms with Crippen LogP contribution < -0.4 is 10.1 Å². The smallest absolute Gasteiger partial charge is 0.337 e. The van der Waals surface area contributed by atoms with Crippen LogP contribution in [0.1, 0.15) is 22.8 Å². The van der Waals surface area contributed by atoms with Crippen molar-refractivity contribution in [1.29, 1.82) is 0 Å². The van der Waals surface area contributed by atoms with Crippen LogP contribution in [0.2, 0.25) is 25.7 Å². The number of carbonyl (C=O) groups excluding carboxylic acids is 1. The fourth-order valence-corrected chi connectivity index (χ4v) is 5.46. The van der Waals surface area contributed by atoms with Crippen molar-refractivity contribution < 1.29 is 23.7 Å². The molecule has 1 N–H and O–H groups in total. The Kier molecular flexibility index (Phi) is 10.1. The minimum absolute atomic E-state index is 0.228. The SMILES string of the molecule is C=C(OCC)c1c(Oc2ccc(C(=O)OC)cc2)nc2c(-c3ccc(-c4ccccc4)nc3)cnn2c1NCOCC[Si](C)(C)C. The van der Waals surface area contributed by atoms with Crippen LogP contribution in [0.25, 0.3) is 33.8 Å². The molecule has 0 unspecified atom stereocenters. The molecule has 2 aromatic carbocycles. The molecule has 0 saturated heterocycles. The summed E-state index contributed by atoms with van der Waals surface area (Å²) >= 11 is 0. The summed E-state index contributed by atoms with van der Waals surface area (Å²) in [6, 6.07) is 21.6. The lowest BCUT2D eigenvalue weighted by molar-refractivity contribution is 0.0600. The number of ether oxygens (including phenoxy) is 4. The molecule has 5 rings (SSSR count). The lowest BCUT2D eigenvalue weighted by atomic mass is 10.1. The molecule has 0 aliphatic heterocycles. The summed E-state index contributed by atoms with van der Waals surface area (Å²) in [7, 11) is 0.0769. The number of hydrogen-bond acceptors (Lipinski definition) is 9. The number of aromatic nitrogens is 4. The summed E-state index contributed by atoms with van der Waals surface area (Å²) in [4.78, 5) is 21.7. The van der Waals surface area contributed by atoms with E-state index in [1.165, 1.54) is 7.11 Å². The van der Waals surface area contributed by atoms with E-state index in [1.807, 2.05) is 55.6 Å². The monoisotopic (exact) mass is 637 g/mol. The lowest BCUT2D eigenvalue weighted by Gasteiger charge is -2.20. The molecule has 10 nitrogen and oxygen atoms in total. The van der Waals surface area contributed by atoms with Gasteiger partial charge in [0.05, 0.1) is 31.2 Å². The van der Waals surface area contributed by atoms with Crippen LogP contribution in [0, 0.1) is 0 Å². The number of rotatable bonds is 14. The molecule has 3 heterocycles. The van der Waals surface area contributed by atoms with Crippen LogP contribution in [-0.2, 0) is 14.2 Å². The van der Waals surface area contributed by atoms with Gasteiger partial charge < -0.3 is 24.3 Å². The van der Waals surface area contributed by atoms with E-state index in [1.54, 1.807) is 35.0 Å². The Labute approximate surface area is 270 Å². The van der Waals surface area contributed by atoms with Gasteiger partial charge in [-0.1, -0.05) is 62.6 Å².